The number of rotatable bonds is 13. The summed E-state index contributed by atoms with van der Waals surface area (Å²) >= 11 is 0. The van der Waals surface area contributed by atoms with Gasteiger partial charge in [-0.2, -0.15) is 0 Å². The van der Waals surface area contributed by atoms with E-state index in [0.29, 0.717) is 0 Å². The summed E-state index contributed by atoms with van der Waals surface area (Å²) in [6, 6.07) is -1.99. The molecule has 33 heavy (non-hydrogen) atoms. The van der Waals surface area contributed by atoms with Gasteiger partial charge in [0.15, 0.2) is 12.2 Å². The normalized spacial score (nSPS) is 19.7. The lowest BCUT2D eigenvalue weighted by Gasteiger charge is -2.24. The fraction of sp³-hybridized carbons (Fsp3) is 0.750. The molecule has 0 aromatic carbocycles. The quantitative estimate of drug-likeness (QED) is 0.0844. The zero-order valence-electron chi connectivity index (χ0n) is 16.8. The summed E-state index contributed by atoms with van der Waals surface area (Å²) in [6.07, 6.45) is -19.4. The van der Waals surface area contributed by atoms with Crippen LogP contribution in [0.3, 0.4) is 0 Å². The Kier molecular flexibility index (Phi) is 13.2. The largest absolute Gasteiger partial charge is 0.394 e. The molecule has 0 heterocycles. The molecule has 0 unspecified atom stereocenters. The number of carbonyl (C=O) groups excluding carboxylic acids is 4. The maximum atomic E-state index is 11.7. The molecule has 0 saturated carbocycles. The maximum Gasteiger partial charge on any atom is 0.345 e. The Morgan fingerprint density at radius 3 is 1.33 bits per heavy atom. The van der Waals surface area contributed by atoms with Gasteiger partial charge in [0.2, 0.25) is 0 Å². The van der Waals surface area contributed by atoms with Gasteiger partial charge in [0.05, 0.1) is 19.6 Å². The number of carbonyl (C=O) groups is 4. The van der Waals surface area contributed by atoms with Crippen molar-refractivity contribution in [1.29, 1.82) is 0 Å². The van der Waals surface area contributed by atoms with Crippen LogP contribution in [0, 0.1) is 0 Å². The Labute approximate surface area is 184 Å². The second-order valence-corrected chi connectivity index (χ2v) is 6.70. The minimum Gasteiger partial charge on any atom is -0.394 e. The molecule has 0 aromatic heterocycles. The molecule has 0 aliphatic carbocycles. The van der Waals surface area contributed by atoms with E-state index in [0.717, 1.165) is 0 Å². The van der Waals surface area contributed by atoms with Crippen LogP contribution in [0.25, 0.3) is 0 Å². The van der Waals surface area contributed by atoms with Gasteiger partial charge in [-0.3, -0.25) is 4.79 Å². The number of nitrogens with two attached hydrogens (primary N) is 1. The predicted molar refractivity (Wildman–Crippen MR) is 97.0 cm³/mol. The number of aliphatic hydroxyl groups excluding tert-OH is 10. The first-order valence-electron chi connectivity index (χ1n) is 9.11. The highest BCUT2D eigenvalue weighted by Gasteiger charge is 2.38. The first-order chi connectivity index (χ1) is 15.2. The van der Waals surface area contributed by atoms with E-state index in [2.05, 4.69) is 9.47 Å². The van der Waals surface area contributed by atoms with E-state index in [1.165, 1.54) is 0 Å². The molecule has 0 saturated heterocycles. The molecule has 0 amide bonds. The van der Waals surface area contributed by atoms with Crippen molar-refractivity contribution in [2.75, 3.05) is 13.2 Å². The van der Waals surface area contributed by atoms with Crippen molar-refractivity contribution in [2.24, 2.45) is 5.73 Å². The third kappa shape index (κ3) is 9.31. The Bertz CT molecular complexity index is 673. The molecule has 0 spiro atoms. The van der Waals surface area contributed by atoms with Crippen molar-refractivity contribution in [1.82, 2.24) is 0 Å². The van der Waals surface area contributed by atoms with Crippen LogP contribution < -0.4 is 5.73 Å². The van der Waals surface area contributed by atoms with Crippen LogP contribution in [0.2, 0.25) is 0 Å². The van der Waals surface area contributed by atoms with Crippen LogP contribution in [0.1, 0.15) is 6.42 Å². The first-order valence-corrected chi connectivity index (χ1v) is 9.11. The third-order valence-corrected chi connectivity index (χ3v) is 4.10. The third-order valence-electron chi connectivity index (χ3n) is 4.10. The zero-order valence-corrected chi connectivity index (χ0v) is 16.8. The Balaban J connectivity index is 4.79. The molecule has 0 rings (SSSR count). The summed E-state index contributed by atoms with van der Waals surface area (Å²) in [4.78, 5) is 46.6. The van der Waals surface area contributed by atoms with Crippen molar-refractivity contribution in [3.8, 4) is 0 Å². The van der Waals surface area contributed by atoms with Gasteiger partial charge in [-0.25, -0.2) is 14.4 Å². The summed E-state index contributed by atoms with van der Waals surface area (Å²) in [6.45, 7) is -2.08. The van der Waals surface area contributed by atoms with Crippen molar-refractivity contribution in [2.45, 2.75) is 61.3 Å². The van der Waals surface area contributed by atoms with Gasteiger partial charge in [0.1, 0.15) is 42.7 Å². The number of hydrogen-bond donors (Lipinski definition) is 11. The van der Waals surface area contributed by atoms with Crippen LogP contribution in [0.4, 0.5) is 0 Å². The van der Waals surface area contributed by atoms with Crippen LogP contribution in [-0.4, -0.2) is 143 Å². The minimum atomic E-state index is -2.58. The average molecular weight is 489 g/mol. The summed E-state index contributed by atoms with van der Waals surface area (Å²) in [5.74, 6) is -6.94. The highest BCUT2D eigenvalue weighted by Crippen LogP contribution is 2.09. The van der Waals surface area contributed by atoms with E-state index < -0.39 is 98.4 Å². The first kappa shape index (κ1) is 30.8. The lowest BCUT2D eigenvalue weighted by molar-refractivity contribution is -0.181. The zero-order chi connectivity index (χ0) is 26.0. The average Bonchev–Trinajstić information content (AvgIpc) is 2.79. The van der Waals surface area contributed by atoms with Gasteiger partial charge in [-0.1, -0.05) is 0 Å². The molecule has 0 aliphatic rings. The molecule has 17 heteroatoms. The van der Waals surface area contributed by atoms with Crippen molar-refractivity contribution in [3.05, 3.63) is 0 Å². The molecule has 0 radical (unpaired) electrons. The molecule has 192 valence electrons. The van der Waals surface area contributed by atoms with Crippen LogP contribution in [0.15, 0.2) is 0 Å². The second-order valence-electron chi connectivity index (χ2n) is 6.70. The van der Waals surface area contributed by atoms with E-state index in [1.54, 1.807) is 0 Å². The highest BCUT2D eigenvalue weighted by atomic mass is 16.6. The molecule has 0 aliphatic heterocycles. The maximum absolute atomic E-state index is 11.7. The smallest absolute Gasteiger partial charge is 0.345 e. The van der Waals surface area contributed by atoms with E-state index in [4.69, 9.17) is 26.2 Å². The molecule has 12 N–H and O–H groups in total. The molecule has 0 bridgehead atoms. The number of aliphatic hydroxyl groups is 10. The van der Waals surface area contributed by atoms with Gasteiger partial charge >= 0.3 is 23.9 Å². The van der Waals surface area contributed by atoms with Gasteiger partial charge in [0.25, 0.3) is 0 Å². The molecular weight excluding hydrogens is 462 g/mol. The minimum absolute atomic E-state index is 1.04. The van der Waals surface area contributed by atoms with E-state index >= 15 is 0 Å². The van der Waals surface area contributed by atoms with Crippen molar-refractivity contribution >= 4 is 23.9 Å². The SMILES string of the molecule is N[C@@H](CC(=O)OC(=O)[C@H](O)[C@@H](O)[C@H](O)[C@H](O)CO)C(=O)OC(=O)[C@H](O)[C@@H](O)[C@H](O)[C@H](O)CO. The molecular formula is C16H27NO16. The monoisotopic (exact) mass is 489 g/mol. The lowest BCUT2D eigenvalue weighted by atomic mass is 10.0. The second kappa shape index (κ2) is 14.2. The Morgan fingerprint density at radius 2 is 0.970 bits per heavy atom. The van der Waals surface area contributed by atoms with Gasteiger partial charge in [0, 0.05) is 0 Å². The fourth-order valence-corrected chi connectivity index (χ4v) is 2.04. The Hall–Kier alpha value is -2.16. The molecule has 0 fully saturated rings. The van der Waals surface area contributed by atoms with Gasteiger partial charge in [-0.05, 0) is 0 Å². The number of esters is 4. The van der Waals surface area contributed by atoms with Crippen molar-refractivity contribution < 1.29 is 79.7 Å². The molecule has 17 nitrogen and oxygen atoms in total. The van der Waals surface area contributed by atoms with E-state index in [1.807, 2.05) is 0 Å². The topological polar surface area (TPSA) is 315 Å². The van der Waals surface area contributed by atoms with Gasteiger partial charge in [-0.15, -0.1) is 0 Å². The Morgan fingerprint density at radius 1 is 0.606 bits per heavy atom. The summed E-state index contributed by atoms with van der Waals surface area (Å²) in [5.41, 5.74) is 5.27. The van der Waals surface area contributed by atoms with E-state index in [-0.39, 0.29) is 0 Å². The summed E-state index contributed by atoms with van der Waals surface area (Å²) in [7, 11) is 0. The van der Waals surface area contributed by atoms with Crippen LogP contribution >= 0.6 is 0 Å². The highest BCUT2D eigenvalue weighted by molar-refractivity contribution is 5.94. The fourth-order valence-electron chi connectivity index (χ4n) is 2.04. The summed E-state index contributed by atoms with van der Waals surface area (Å²) in [5, 5.41) is 92.5. The predicted octanol–water partition coefficient (Wildman–Crippen LogP) is -8.28. The number of ether oxygens (including phenoxy) is 2. The molecule has 0 aromatic rings. The van der Waals surface area contributed by atoms with Crippen LogP contribution in [0.5, 0.6) is 0 Å². The van der Waals surface area contributed by atoms with E-state index in [9.17, 15) is 49.8 Å². The standard InChI is InChI=1S/C16H27NO16/c17-4(14(29)33-16(31)13(28)11(26)9(24)6(21)3-19)1-7(22)32-15(30)12(27)10(25)8(23)5(20)2-18/h4-6,8-13,18-21,23-28H,1-3,17H2/t4-,5+,6+,8+,9+,10-,11-,12+,13+/m0/s1. The number of hydrogen-bond acceptors (Lipinski definition) is 17. The lowest BCUT2D eigenvalue weighted by Crippen LogP contribution is -2.50. The molecule has 9 atom stereocenters. The summed E-state index contributed by atoms with van der Waals surface area (Å²) < 4.78 is 8.17. The van der Waals surface area contributed by atoms with Crippen LogP contribution in [-0.2, 0) is 28.7 Å². The van der Waals surface area contributed by atoms with Gasteiger partial charge < -0.3 is 66.3 Å². The van der Waals surface area contributed by atoms with Crippen molar-refractivity contribution in [3.63, 3.8) is 0 Å².